The van der Waals surface area contributed by atoms with Gasteiger partial charge in [-0.05, 0) is 36.8 Å². The summed E-state index contributed by atoms with van der Waals surface area (Å²) in [6.45, 7) is 2.63. The van der Waals surface area contributed by atoms with Crippen molar-refractivity contribution in [1.82, 2.24) is 4.90 Å². The van der Waals surface area contributed by atoms with Crippen LogP contribution in [0.1, 0.15) is 18.5 Å². The van der Waals surface area contributed by atoms with Gasteiger partial charge in [0.2, 0.25) is 5.91 Å². The van der Waals surface area contributed by atoms with Crippen molar-refractivity contribution >= 4 is 55.8 Å². The van der Waals surface area contributed by atoms with Crippen LogP contribution in [0.3, 0.4) is 0 Å². The zero-order valence-electron chi connectivity index (χ0n) is 14.7. The Balaban J connectivity index is 1.74. The first-order valence-corrected chi connectivity index (χ1v) is 11.0. The predicted octanol–water partition coefficient (Wildman–Crippen LogP) is 4.81. The van der Waals surface area contributed by atoms with E-state index in [2.05, 4.69) is 28.1 Å². The summed E-state index contributed by atoms with van der Waals surface area (Å²) in [4.78, 5) is 21.3. The Morgan fingerprint density at radius 2 is 1.89 bits per heavy atom. The number of amides is 1. The van der Waals surface area contributed by atoms with Gasteiger partial charge in [0, 0.05) is 16.8 Å². The van der Waals surface area contributed by atoms with Crippen molar-refractivity contribution in [3.05, 3.63) is 64.6 Å². The van der Waals surface area contributed by atoms with Crippen LogP contribution in [0.4, 0.5) is 5.69 Å². The number of carbonyl (C=O) groups is 1. The molecule has 0 spiro atoms. The maximum absolute atomic E-state index is 13.4. The van der Waals surface area contributed by atoms with Gasteiger partial charge in [-0.25, -0.2) is 5.06 Å². The number of anilines is 1. The first kappa shape index (κ1) is 18.9. The standard InChI is InChI=1S/C20H19BrN2O2S2/c1-13-17(19(24)22-11-12-27-20(22)26)18(14-5-3-2-4-6-14)23(25-13)16-9-7-15(21)8-10-16/h2-10,13,17-18H,11-12H2,1H3/t13-,17-,18-/m0/s1. The van der Waals surface area contributed by atoms with Gasteiger partial charge in [0.25, 0.3) is 0 Å². The fourth-order valence-electron chi connectivity index (χ4n) is 3.62. The van der Waals surface area contributed by atoms with E-state index in [0.717, 1.165) is 21.5 Å². The molecule has 0 aliphatic carbocycles. The third-order valence-electron chi connectivity index (χ3n) is 4.91. The van der Waals surface area contributed by atoms with Crippen molar-refractivity contribution in [2.24, 2.45) is 5.92 Å². The van der Waals surface area contributed by atoms with E-state index in [0.29, 0.717) is 10.9 Å². The molecule has 27 heavy (non-hydrogen) atoms. The van der Waals surface area contributed by atoms with Crippen LogP contribution in [-0.4, -0.2) is 33.5 Å². The molecular formula is C20H19BrN2O2S2. The van der Waals surface area contributed by atoms with E-state index in [1.165, 1.54) is 0 Å². The van der Waals surface area contributed by atoms with E-state index in [1.54, 1.807) is 16.7 Å². The number of hydrogen-bond acceptors (Lipinski definition) is 5. The maximum atomic E-state index is 13.4. The number of hydrogen-bond donors (Lipinski definition) is 0. The molecule has 1 amide bonds. The average Bonchev–Trinajstić information content (AvgIpc) is 3.26. The Labute approximate surface area is 176 Å². The highest BCUT2D eigenvalue weighted by molar-refractivity contribution is 9.10. The van der Waals surface area contributed by atoms with Gasteiger partial charge in [-0.15, -0.1) is 0 Å². The molecule has 2 aliphatic rings. The number of thioether (sulfide) groups is 1. The molecule has 4 rings (SSSR count). The smallest absolute Gasteiger partial charge is 0.236 e. The van der Waals surface area contributed by atoms with Crippen LogP contribution in [0.15, 0.2) is 59.1 Å². The lowest BCUT2D eigenvalue weighted by atomic mass is 9.88. The number of nitrogens with zero attached hydrogens (tertiary/aromatic N) is 2. The zero-order valence-corrected chi connectivity index (χ0v) is 18.0. The van der Waals surface area contributed by atoms with E-state index >= 15 is 0 Å². The molecule has 2 heterocycles. The molecule has 0 saturated carbocycles. The first-order valence-electron chi connectivity index (χ1n) is 8.81. The van der Waals surface area contributed by atoms with Crippen molar-refractivity contribution in [1.29, 1.82) is 0 Å². The van der Waals surface area contributed by atoms with Gasteiger partial charge in [-0.2, -0.15) is 0 Å². The molecule has 7 heteroatoms. The van der Waals surface area contributed by atoms with Crippen LogP contribution in [0.2, 0.25) is 0 Å². The van der Waals surface area contributed by atoms with E-state index in [9.17, 15) is 4.79 Å². The summed E-state index contributed by atoms with van der Waals surface area (Å²) >= 11 is 10.4. The number of carbonyl (C=O) groups excluding carboxylic acids is 1. The van der Waals surface area contributed by atoms with Gasteiger partial charge in [0.1, 0.15) is 4.32 Å². The summed E-state index contributed by atoms with van der Waals surface area (Å²) in [5.74, 6) is 0.581. The van der Waals surface area contributed by atoms with Crippen molar-refractivity contribution in [2.45, 2.75) is 19.1 Å². The summed E-state index contributed by atoms with van der Waals surface area (Å²) in [6.07, 6.45) is -0.250. The predicted molar refractivity (Wildman–Crippen MR) is 117 cm³/mol. The highest BCUT2D eigenvalue weighted by Gasteiger charge is 2.48. The molecule has 0 aromatic heterocycles. The molecule has 0 N–H and O–H groups in total. The fraction of sp³-hybridized carbons (Fsp3) is 0.300. The summed E-state index contributed by atoms with van der Waals surface area (Å²) in [6, 6.07) is 17.8. The van der Waals surface area contributed by atoms with Crippen LogP contribution in [-0.2, 0) is 9.63 Å². The van der Waals surface area contributed by atoms with Crippen LogP contribution in [0.25, 0.3) is 0 Å². The molecule has 4 nitrogen and oxygen atoms in total. The lowest BCUT2D eigenvalue weighted by molar-refractivity contribution is -0.132. The van der Waals surface area contributed by atoms with Gasteiger partial charge < -0.3 is 0 Å². The Morgan fingerprint density at radius 3 is 2.52 bits per heavy atom. The second-order valence-electron chi connectivity index (χ2n) is 6.60. The molecule has 2 aromatic carbocycles. The SMILES string of the molecule is C[C@@H]1ON(c2ccc(Br)cc2)[C@@H](c2ccccc2)[C@H]1C(=O)N1CCSC1=S. The van der Waals surface area contributed by atoms with Gasteiger partial charge >= 0.3 is 0 Å². The molecule has 2 aromatic rings. The van der Waals surface area contributed by atoms with E-state index in [4.69, 9.17) is 17.1 Å². The van der Waals surface area contributed by atoms with Gasteiger partial charge in [-0.3, -0.25) is 14.5 Å². The Bertz CT molecular complexity index is 847. The second-order valence-corrected chi connectivity index (χ2v) is 9.24. The number of thiocarbonyl (C=S) groups is 1. The lowest BCUT2D eigenvalue weighted by Gasteiger charge is -2.29. The van der Waals surface area contributed by atoms with Crippen LogP contribution >= 0.6 is 39.9 Å². The molecule has 2 aliphatic heterocycles. The third-order valence-corrected chi connectivity index (χ3v) is 6.87. The highest BCUT2D eigenvalue weighted by atomic mass is 79.9. The molecule has 140 valence electrons. The van der Waals surface area contributed by atoms with E-state index in [-0.39, 0.29) is 24.0 Å². The second kappa shape index (κ2) is 7.91. The molecule has 0 unspecified atom stereocenters. The normalized spacial score (nSPS) is 25.3. The van der Waals surface area contributed by atoms with Crippen LogP contribution in [0.5, 0.6) is 0 Å². The minimum Gasteiger partial charge on any atom is -0.297 e. The molecule has 0 radical (unpaired) electrons. The van der Waals surface area contributed by atoms with Crippen molar-refractivity contribution in [3.8, 4) is 0 Å². The molecule has 2 saturated heterocycles. The molecular weight excluding hydrogens is 444 g/mol. The summed E-state index contributed by atoms with van der Waals surface area (Å²) in [5.41, 5.74) is 1.98. The Kier molecular flexibility index (Phi) is 5.55. The summed E-state index contributed by atoms with van der Waals surface area (Å²) in [5, 5.41) is 1.88. The maximum Gasteiger partial charge on any atom is 0.236 e. The van der Waals surface area contributed by atoms with Crippen LogP contribution in [0, 0.1) is 5.92 Å². The molecule has 3 atom stereocenters. The van der Waals surface area contributed by atoms with Gasteiger partial charge in [0.15, 0.2) is 0 Å². The topological polar surface area (TPSA) is 32.8 Å². The zero-order chi connectivity index (χ0) is 19.0. The monoisotopic (exact) mass is 462 g/mol. The quantitative estimate of drug-likeness (QED) is 0.611. The van der Waals surface area contributed by atoms with Crippen molar-refractivity contribution in [3.63, 3.8) is 0 Å². The largest absolute Gasteiger partial charge is 0.297 e. The Morgan fingerprint density at radius 1 is 1.19 bits per heavy atom. The number of halogens is 1. The summed E-state index contributed by atoms with van der Waals surface area (Å²) < 4.78 is 1.67. The highest BCUT2D eigenvalue weighted by Crippen LogP contribution is 2.44. The van der Waals surface area contributed by atoms with Crippen LogP contribution < -0.4 is 5.06 Å². The third kappa shape index (κ3) is 3.66. The molecule has 0 bridgehead atoms. The number of benzene rings is 2. The lowest BCUT2D eigenvalue weighted by Crippen LogP contribution is -2.41. The van der Waals surface area contributed by atoms with Gasteiger partial charge in [0.05, 0.1) is 23.8 Å². The average molecular weight is 463 g/mol. The minimum atomic E-state index is -0.326. The fourth-order valence-corrected chi connectivity index (χ4v) is 5.11. The van der Waals surface area contributed by atoms with E-state index < -0.39 is 0 Å². The number of rotatable bonds is 3. The van der Waals surface area contributed by atoms with Crippen molar-refractivity contribution in [2.75, 3.05) is 17.4 Å². The minimum absolute atomic E-state index is 0.0472. The number of hydroxylamine groups is 1. The van der Waals surface area contributed by atoms with Gasteiger partial charge in [-0.1, -0.05) is 70.2 Å². The van der Waals surface area contributed by atoms with E-state index in [1.807, 2.05) is 54.5 Å². The van der Waals surface area contributed by atoms with Crippen molar-refractivity contribution < 1.29 is 9.63 Å². The first-order chi connectivity index (χ1) is 13.1. The summed E-state index contributed by atoms with van der Waals surface area (Å²) in [7, 11) is 0. The molecule has 2 fully saturated rings. The Hall–Kier alpha value is -1.41.